The van der Waals surface area contributed by atoms with Crippen molar-refractivity contribution in [3.8, 4) is 11.5 Å². The Bertz CT molecular complexity index is 1040. The number of nitrogens with one attached hydrogen (secondary N) is 2. The number of ether oxygens (including phenoxy) is 2. The molecule has 0 aromatic heterocycles. The van der Waals surface area contributed by atoms with Gasteiger partial charge in [0.05, 0.1) is 13.3 Å². The molecular formula is C28H39N3O4. The van der Waals surface area contributed by atoms with E-state index in [1.165, 1.54) is 0 Å². The second-order valence-electron chi connectivity index (χ2n) is 9.60. The first-order valence-electron chi connectivity index (χ1n) is 12.0. The van der Waals surface area contributed by atoms with E-state index in [1.807, 2.05) is 65.0 Å². The Morgan fingerprint density at radius 3 is 2.26 bits per heavy atom. The van der Waals surface area contributed by atoms with Crippen LogP contribution in [-0.2, 0) is 9.59 Å². The topological polar surface area (TPSA) is 89.0 Å². The van der Waals surface area contributed by atoms with Gasteiger partial charge in [0.2, 0.25) is 0 Å². The molecule has 0 bridgehead atoms. The Labute approximate surface area is 209 Å². The molecule has 7 heteroatoms. The summed E-state index contributed by atoms with van der Waals surface area (Å²) in [5, 5.41) is 6.95. The number of hydrogen-bond donors (Lipinski definition) is 2. The van der Waals surface area contributed by atoms with Gasteiger partial charge in [0, 0.05) is 0 Å². The maximum atomic E-state index is 12.8. The number of nitrogens with zero attached hydrogens (tertiary/aromatic N) is 1. The number of carbonyl (C=O) groups is 2. The van der Waals surface area contributed by atoms with Gasteiger partial charge < -0.3 is 14.8 Å². The van der Waals surface area contributed by atoms with E-state index in [1.54, 1.807) is 13.3 Å². The van der Waals surface area contributed by atoms with Gasteiger partial charge in [-0.3, -0.25) is 9.59 Å². The van der Waals surface area contributed by atoms with Crippen molar-refractivity contribution in [1.82, 2.24) is 10.7 Å². The summed E-state index contributed by atoms with van der Waals surface area (Å²) >= 11 is 0. The number of hydrazone groups is 1. The maximum Gasteiger partial charge on any atom is 0.262 e. The molecule has 0 aliphatic rings. The van der Waals surface area contributed by atoms with Gasteiger partial charge in [-0.25, -0.2) is 5.43 Å². The van der Waals surface area contributed by atoms with Crippen molar-refractivity contribution >= 4 is 18.0 Å². The predicted octanol–water partition coefficient (Wildman–Crippen LogP) is 4.80. The fourth-order valence-electron chi connectivity index (χ4n) is 3.83. The quantitative estimate of drug-likeness (QED) is 0.356. The van der Waals surface area contributed by atoms with Crippen LogP contribution in [0.5, 0.6) is 11.5 Å². The number of hydrogen-bond acceptors (Lipinski definition) is 5. The van der Waals surface area contributed by atoms with E-state index in [9.17, 15) is 9.59 Å². The molecule has 2 N–H and O–H groups in total. The van der Waals surface area contributed by atoms with E-state index >= 15 is 0 Å². The summed E-state index contributed by atoms with van der Waals surface area (Å²) in [6.07, 6.45) is 2.10. The first kappa shape index (κ1) is 27.9. The molecule has 0 saturated heterocycles. The van der Waals surface area contributed by atoms with Crippen molar-refractivity contribution in [2.45, 2.75) is 66.8 Å². The molecule has 0 saturated carbocycles. The number of para-hydroxylation sites is 1. The van der Waals surface area contributed by atoms with Gasteiger partial charge in [-0.2, -0.15) is 5.10 Å². The molecule has 7 nitrogen and oxygen atoms in total. The lowest BCUT2D eigenvalue weighted by molar-refractivity contribution is -0.130. The lowest BCUT2D eigenvalue weighted by Crippen LogP contribution is -2.47. The molecule has 1 atom stereocenters. The predicted molar refractivity (Wildman–Crippen MR) is 140 cm³/mol. The molecule has 35 heavy (non-hydrogen) atoms. The third-order valence-corrected chi connectivity index (χ3v) is 5.73. The summed E-state index contributed by atoms with van der Waals surface area (Å²) < 4.78 is 11.2. The fourth-order valence-corrected chi connectivity index (χ4v) is 3.83. The minimum absolute atomic E-state index is 0.167. The lowest BCUT2D eigenvalue weighted by atomic mass is 9.97. The fraction of sp³-hybridized carbons (Fsp3) is 0.464. The number of carbonyl (C=O) groups excluding carboxylic acids is 2. The molecule has 2 aromatic rings. The minimum Gasteiger partial charge on any atom is -0.496 e. The molecule has 0 radical (unpaired) electrons. The van der Waals surface area contributed by atoms with Crippen LogP contribution in [-0.4, -0.2) is 37.8 Å². The van der Waals surface area contributed by atoms with Crippen molar-refractivity contribution in [3.05, 3.63) is 58.1 Å². The molecule has 190 valence electrons. The zero-order chi connectivity index (χ0) is 26.1. The van der Waals surface area contributed by atoms with Crippen LogP contribution < -0.4 is 20.2 Å². The standard InChI is InChI=1S/C28H39N3O4/c1-17(2)12-24(30-26(32)16-35-27-19(5)10-9-11-20(27)6)28(33)31-29-15-22-14-23(18(3)4)25(34-8)13-21(22)7/h9-11,13-15,17-18,24H,12,16H2,1-8H3,(H,30,32)(H,31,33)/b29-15-/t24-/m0/s1. The number of aryl methyl sites for hydroxylation is 3. The molecule has 0 fully saturated rings. The van der Waals surface area contributed by atoms with E-state index in [0.717, 1.165) is 33.6 Å². The summed E-state index contributed by atoms with van der Waals surface area (Å²) in [6.45, 7) is 13.9. The van der Waals surface area contributed by atoms with Gasteiger partial charge in [-0.15, -0.1) is 0 Å². The van der Waals surface area contributed by atoms with Crippen molar-refractivity contribution in [2.24, 2.45) is 11.0 Å². The minimum atomic E-state index is -0.718. The van der Waals surface area contributed by atoms with E-state index in [4.69, 9.17) is 9.47 Å². The van der Waals surface area contributed by atoms with Gasteiger partial charge in [-0.05, 0) is 79.0 Å². The highest BCUT2D eigenvalue weighted by molar-refractivity contribution is 5.89. The first-order valence-corrected chi connectivity index (χ1v) is 12.0. The van der Waals surface area contributed by atoms with E-state index in [0.29, 0.717) is 12.2 Å². The Kier molecular flexibility index (Phi) is 10.3. The number of methoxy groups -OCH3 is 1. The van der Waals surface area contributed by atoms with E-state index in [-0.39, 0.29) is 30.3 Å². The highest BCUT2D eigenvalue weighted by Crippen LogP contribution is 2.29. The van der Waals surface area contributed by atoms with E-state index < -0.39 is 6.04 Å². The van der Waals surface area contributed by atoms with Crippen LogP contribution in [0.4, 0.5) is 0 Å². The normalized spacial score (nSPS) is 12.2. The van der Waals surface area contributed by atoms with Crippen LogP contribution in [0.1, 0.15) is 67.9 Å². The van der Waals surface area contributed by atoms with Crippen molar-refractivity contribution < 1.29 is 19.1 Å². The van der Waals surface area contributed by atoms with Crippen molar-refractivity contribution in [3.63, 3.8) is 0 Å². The van der Waals surface area contributed by atoms with Crippen LogP contribution in [0.3, 0.4) is 0 Å². The summed E-state index contributed by atoms with van der Waals surface area (Å²) in [5.41, 5.74) is 7.44. The average Bonchev–Trinajstić information content (AvgIpc) is 2.78. The summed E-state index contributed by atoms with van der Waals surface area (Å²) in [7, 11) is 1.66. The zero-order valence-corrected chi connectivity index (χ0v) is 22.2. The third-order valence-electron chi connectivity index (χ3n) is 5.73. The highest BCUT2D eigenvalue weighted by atomic mass is 16.5. The molecule has 0 unspecified atom stereocenters. The highest BCUT2D eigenvalue weighted by Gasteiger charge is 2.22. The Hall–Kier alpha value is -3.35. The number of amides is 2. The summed E-state index contributed by atoms with van der Waals surface area (Å²) in [5.74, 6) is 1.28. The van der Waals surface area contributed by atoms with Gasteiger partial charge in [-0.1, -0.05) is 45.9 Å². The SMILES string of the molecule is COc1cc(C)c(/C=N\NC(=O)[C@H](CC(C)C)NC(=O)COc2c(C)cccc2C)cc1C(C)C. The summed E-state index contributed by atoms with van der Waals surface area (Å²) in [4.78, 5) is 25.4. The lowest BCUT2D eigenvalue weighted by Gasteiger charge is -2.19. The molecule has 2 rings (SSSR count). The molecule has 0 spiro atoms. The Morgan fingerprint density at radius 2 is 1.69 bits per heavy atom. The van der Waals surface area contributed by atoms with Crippen LogP contribution in [0.2, 0.25) is 0 Å². The summed E-state index contributed by atoms with van der Waals surface area (Å²) in [6, 6.07) is 9.08. The van der Waals surface area contributed by atoms with Crippen molar-refractivity contribution in [2.75, 3.05) is 13.7 Å². The first-order chi connectivity index (χ1) is 16.5. The van der Waals surface area contributed by atoms with E-state index in [2.05, 4.69) is 29.7 Å². The second-order valence-corrected chi connectivity index (χ2v) is 9.60. The van der Waals surface area contributed by atoms with Gasteiger partial charge in [0.25, 0.3) is 11.8 Å². The van der Waals surface area contributed by atoms with Crippen LogP contribution in [0.25, 0.3) is 0 Å². The molecule has 2 aromatic carbocycles. The second kappa shape index (κ2) is 12.9. The Morgan fingerprint density at radius 1 is 1.03 bits per heavy atom. The Balaban J connectivity index is 2.05. The molecular weight excluding hydrogens is 442 g/mol. The number of rotatable bonds is 11. The number of benzene rings is 2. The largest absolute Gasteiger partial charge is 0.496 e. The zero-order valence-electron chi connectivity index (χ0n) is 22.2. The van der Waals surface area contributed by atoms with Gasteiger partial charge in [0.15, 0.2) is 6.61 Å². The monoisotopic (exact) mass is 481 g/mol. The molecule has 0 aliphatic carbocycles. The molecule has 0 aliphatic heterocycles. The van der Waals surface area contributed by atoms with Gasteiger partial charge in [0.1, 0.15) is 17.5 Å². The molecule has 0 heterocycles. The third kappa shape index (κ3) is 8.12. The van der Waals surface area contributed by atoms with Crippen molar-refractivity contribution in [1.29, 1.82) is 0 Å². The average molecular weight is 482 g/mol. The maximum absolute atomic E-state index is 12.8. The van der Waals surface area contributed by atoms with Crippen LogP contribution in [0, 0.1) is 26.7 Å². The van der Waals surface area contributed by atoms with Crippen LogP contribution in [0.15, 0.2) is 35.4 Å². The molecule has 2 amide bonds. The smallest absolute Gasteiger partial charge is 0.262 e. The van der Waals surface area contributed by atoms with Crippen LogP contribution >= 0.6 is 0 Å². The van der Waals surface area contributed by atoms with Gasteiger partial charge >= 0.3 is 0 Å².